The van der Waals surface area contributed by atoms with Gasteiger partial charge in [0.15, 0.2) is 0 Å². The average Bonchev–Trinajstić information content (AvgIpc) is 3.46. The molecule has 0 radical (unpaired) electrons. The summed E-state index contributed by atoms with van der Waals surface area (Å²) < 4.78 is 5.87. The maximum Gasteiger partial charge on any atom is 0.255 e. The van der Waals surface area contributed by atoms with Crippen molar-refractivity contribution in [3.05, 3.63) is 83.4 Å². The first-order valence-electron chi connectivity index (χ1n) is 10.8. The van der Waals surface area contributed by atoms with Gasteiger partial charge in [-0.05, 0) is 73.9 Å². The Morgan fingerprint density at radius 2 is 1.81 bits per heavy atom. The quantitative estimate of drug-likeness (QED) is 0.468. The molecule has 1 aliphatic heterocycles. The van der Waals surface area contributed by atoms with Crippen LogP contribution in [0.3, 0.4) is 0 Å². The molecule has 1 N–H and O–H groups in total. The number of carbonyl (C=O) groups excluding carboxylic acids is 1. The molecular weight excluding hydrogens is 400 g/mol. The van der Waals surface area contributed by atoms with Crippen molar-refractivity contribution in [2.75, 3.05) is 23.3 Å². The largest absolute Gasteiger partial charge is 0.416 e. The Hall–Kier alpha value is -3.93. The highest BCUT2D eigenvalue weighted by atomic mass is 16.4. The van der Waals surface area contributed by atoms with Crippen LogP contribution in [0.1, 0.15) is 28.4 Å². The highest BCUT2D eigenvalue weighted by molar-refractivity contribution is 6.04. The van der Waals surface area contributed by atoms with Crippen molar-refractivity contribution < 1.29 is 9.21 Å². The zero-order valence-electron chi connectivity index (χ0n) is 18.1. The van der Waals surface area contributed by atoms with Crippen LogP contribution in [-0.2, 0) is 6.42 Å². The van der Waals surface area contributed by atoms with Crippen molar-refractivity contribution in [3.8, 4) is 22.9 Å². The van der Waals surface area contributed by atoms with E-state index < -0.39 is 0 Å². The van der Waals surface area contributed by atoms with Crippen molar-refractivity contribution in [2.45, 2.75) is 20.3 Å². The summed E-state index contributed by atoms with van der Waals surface area (Å²) in [6.45, 7) is 6.15. The van der Waals surface area contributed by atoms with Crippen LogP contribution in [0.4, 0.5) is 11.4 Å². The first-order chi connectivity index (χ1) is 15.6. The molecule has 3 aromatic carbocycles. The van der Waals surface area contributed by atoms with E-state index in [9.17, 15) is 4.79 Å². The Morgan fingerprint density at radius 1 is 1.03 bits per heavy atom. The first kappa shape index (κ1) is 20.0. The molecule has 0 aliphatic carbocycles. The maximum absolute atomic E-state index is 12.8. The van der Waals surface area contributed by atoms with Crippen LogP contribution in [0.15, 0.2) is 71.1 Å². The number of aromatic nitrogens is 2. The minimum Gasteiger partial charge on any atom is -0.416 e. The van der Waals surface area contributed by atoms with Gasteiger partial charge in [0.05, 0.1) is 0 Å². The molecule has 4 aromatic rings. The molecule has 6 nitrogen and oxygen atoms in total. The van der Waals surface area contributed by atoms with Crippen LogP contribution in [0, 0.1) is 6.92 Å². The van der Waals surface area contributed by atoms with Gasteiger partial charge in [-0.15, -0.1) is 10.2 Å². The molecule has 5 rings (SSSR count). The molecule has 0 saturated heterocycles. The van der Waals surface area contributed by atoms with Crippen LogP contribution in [0.25, 0.3) is 22.9 Å². The van der Waals surface area contributed by atoms with Gasteiger partial charge in [0.2, 0.25) is 11.8 Å². The number of aryl methyl sites for hydroxylation is 1. The lowest BCUT2D eigenvalue weighted by molar-refractivity contribution is 0.102. The van der Waals surface area contributed by atoms with E-state index >= 15 is 0 Å². The average molecular weight is 425 g/mol. The highest BCUT2D eigenvalue weighted by Gasteiger charge is 2.18. The summed E-state index contributed by atoms with van der Waals surface area (Å²) >= 11 is 0. The maximum atomic E-state index is 12.8. The molecule has 2 heterocycles. The number of likely N-dealkylation sites (N-methyl/N-ethyl adjacent to an activating group) is 1. The fourth-order valence-electron chi connectivity index (χ4n) is 4.08. The molecule has 160 valence electrons. The van der Waals surface area contributed by atoms with E-state index in [4.69, 9.17) is 4.42 Å². The predicted molar refractivity (Wildman–Crippen MR) is 126 cm³/mol. The minimum absolute atomic E-state index is 0.149. The number of nitrogens with one attached hydrogen (secondary N) is 1. The molecule has 0 atom stereocenters. The second kappa shape index (κ2) is 8.30. The molecule has 1 aliphatic rings. The number of hydrogen-bond acceptors (Lipinski definition) is 5. The molecule has 0 saturated carbocycles. The van der Waals surface area contributed by atoms with Gasteiger partial charge in [0.1, 0.15) is 0 Å². The Balaban J connectivity index is 1.31. The Morgan fingerprint density at radius 3 is 2.59 bits per heavy atom. The van der Waals surface area contributed by atoms with Crippen LogP contribution in [0.2, 0.25) is 0 Å². The first-order valence-corrected chi connectivity index (χ1v) is 10.8. The van der Waals surface area contributed by atoms with E-state index in [0.29, 0.717) is 17.3 Å². The summed E-state index contributed by atoms with van der Waals surface area (Å²) in [6.07, 6.45) is 1.06. The SMILES string of the molecule is CCN1CCc2ccc(NC(=O)c3ccc(-c4nnc(-c5ccccc5C)o4)cc3)cc21. The van der Waals surface area contributed by atoms with Crippen molar-refractivity contribution >= 4 is 17.3 Å². The van der Waals surface area contributed by atoms with Gasteiger partial charge in [-0.2, -0.15) is 0 Å². The summed E-state index contributed by atoms with van der Waals surface area (Å²) in [5.41, 5.74) is 6.67. The molecule has 0 fully saturated rings. The number of carbonyl (C=O) groups is 1. The second-order valence-corrected chi connectivity index (χ2v) is 7.93. The molecule has 1 aromatic heterocycles. The van der Waals surface area contributed by atoms with Gasteiger partial charge in [0, 0.05) is 41.2 Å². The standard InChI is InChI=1S/C26H24N4O2/c1-3-30-15-14-18-12-13-21(16-23(18)30)27-24(31)19-8-10-20(11-9-19)25-28-29-26(32-25)22-7-5-4-6-17(22)2/h4-13,16H,3,14-15H2,1-2H3,(H,27,31). The van der Waals surface area contributed by atoms with E-state index in [1.807, 2.05) is 49.4 Å². The summed E-state index contributed by atoms with van der Waals surface area (Å²) in [4.78, 5) is 15.1. The van der Waals surface area contributed by atoms with E-state index in [2.05, 4.69) is 39.5 Å². The molecule has 6 heteroatoms. The third-order valence-corrected chi connectivity index (χ3v) is 5.91. The second-order valence-electron chi connectivity index (χ2n) is 7.93. The van der Waals surface area contributed by atoms with Gasteiger partial charge < -0.3 is 14.6 Å². The van der Waals surface area contributed by atoms with Gasteiger partial charge in [0.25, 0.3) is 5.91 Å². The van der Waals surface area contributed by atoms with E-state index in [1.165, 1.54) is 11.3 Å². The normalized spacial score (nSPS) is 12.6. The van der Waals surface area contributed by atoms with Gasteiger partial charge in [-0.25, -0.2) is 0 Å². The van der Waals surface area contributed by atoms with Gasteiger partial charge in [-0.1, -0.05) is 24.3 Å². The number of benzene rings is 3. The highest BCUT2D eigenvalue weighted by Crippen LogP contribution is 2.31. The number of amides is 1. The third kappa shape index (κ3) is 3.75. The number of rotatable bonds is 5. The lowest BCUT2D eigenvalue weighted by atomic mass is 10.1. The summed E-state index contributed by atoms with van der Waals surface area (Å²) in [5, 5.41) is 11.4. The molecule has 32 heavy (non-hydrogen) atoms. The molecule has 0 bridgehead atoms. The number of hydrogen-bond donors (Lipinski definition) is 1. The minimum atomic E-state index is -0.149. The van der Waals surface area contributed by atoms with Crippen molar-refractivity contribution in [1.82, 2.24) is 10.2 Å². The van der Waals surface area contributed by atoms with Crippen molar-refractivity contribution in [1.29, 1.82) is 0 Å². The fraction of sp³-hybridized carbons (Fsp3) is 0.192. The Labute approximate surface area is 186 Å². The lowest BCUT2D eigenvalue weighted by Gasteiger charge is -2.17. The molecule has 0 unspecified atom stereocenters. The number of anilines is 2. The van der Waals surface area contributed by atoms with E-state index in [1.54, 1.807) is 12.1 Å². The van der Waals surface area contributed by atoms with Crippen LogP contribution >= 0.6 is 0 Å². The van der Waals surface area contributed by atoms with Gasteiger partial charge in [-0.3, -0.25) is 4.79 Å². The Kier molecular flexibility index (Phi) is 5.19. The molecule has 1 amide bonds. The van der Waals surface area contributed by atoms with Crippen LogP contribution < -0.4 is 10.2 Å². The van der Waals surface area contributed by atoms with Crippen molar-refractivity contribution in [2.24, 2.45) is 0 Å². The smallest absolute Gasteiger partial charge is 0.255 e. The third-order valence-electron chi connectivity index (χ3n) is 5.91. The molecule has 0 spiro atoms. The summed E-state index contributed by atoms with van der Waals surface area (Å²) in [6, 6.07) is 21.2. The fourth-order valence-corrected chi connectivity index (χ4v) is 4.08. The zero-order chi connectivity index (χ0) is 22.1. The van der Waals surface area contributed by atoms with Crippen molar-refractivity contribution in [3.63, 3.8) is 0 Å². The number of nitrogens with zero attached hydrogens (tertiary/aromatic N) is 3. The predicted octanol–water partition coefficient (Wildman–Crippen LogP) is 5.35. The lowest BCUT2D eigenvalue weighted by Crippen LogP contribution is -2.19. The summed E-state index contributed by atoms with van der Waals surface area (Å²) in [7, 11) is 0. The van der Waals surface area contributed by atoms with Crippen LogP contribution in [-0.4, -0.2) is 29.2 Å². The van der Waals surface area contributed by atoms with Crippen LogP contribution in [0.5, 0.6) is 0 Å². The Bertz CT molecular complexity index is 1280. The van der Waals surface area contributed by atoms with E-state index in [-0.39, 0.29) is 5.91 Å². The van der Waals surface area contributed by atoms with E-state index in [0.717, 1.165) is 41.9 Å². The zero-order valence-corrected chi connectivity index (χ0v) is 18.1. The summed E-state index contributed by atoms with van der Waals surface area (Å²) in [5.74, 6) is 0.759. The molecular formula is C26H24N4O2. The monoisotopic (exact) mass is 424 g/mol. The topological polar surface area (TPSA) is 71.3 Å². The van der Waals surface area contributed by atoms with Gasteiger partial charge >= 0.3 is 0 Å². The number of fused-ring (bicyclic) bond motifs is 1.